The molecule has 14 heavy (non-hydrogen) atoms. The Balaban J connectivity index is 1.67. The molecule has 2 rings (SSSR count). The average Bonchev–Trinajstić information content (AvgIpc) is 2.72. The van der Waals surface area contributed by atoms with E-state index in [-0.39, 0.29) is 6.10 Å². The number of rotatable bonds is 3. The van der Waals surface area contributed by atoms with Gasteiger partial charge in [0.1, 0.15) is 0 Å². The maximum absolute atomic E-state index is 9.61. The fourth-order valence-corrected chi connectivity index (χ4v) is 2.50. The molecule has 0 radical (unpaired) electrons. The normalized spacial score (nSPS) is 43.3. The van der Waals surface area contributed by atoms with E-state index in [0.29, 0.717) is 18.2 Å². The summed E-state index contributed by atoms with van der Waals surface area (Å²) in [6.07, 6.45) is 6.24. The minimum absolute atomic E-state index is 0.131. The van der Waals surface area contributed by atoms with Gasteiger partial charge in [-0.1, -0.05) is 0 Å². The largest absolute Gasteiger partial charge is 0.392 e. The Labute approximate surface area is 85.8 Å². The molecule has 0 aromatic heterocycles. The number of nitrogens with one attached hydrogen (secondary N) is 1. The molecule has 82 valence electrons. The van der Waals surface area contributed by atoms with E-state index >= 15 is 0 Å². The lowest BCUT2D eigenvalue weighted by Gasteiger charge is -2.19. The maximum Gasteiger partial charge on any atom is 0.0704 e. The quantitative estimate of drug-likeness (QED) is 0.714. The molecule has 0 amide bonds. The van der Waals surface area contributed by atoms with Crippen molar-refractivity contribution in [2.75, 3.05) is 6.54 Å². The molecule has 1 heterocycles. The van der Waals surface area contributed by atoms with Crippen molar-refractivity contribution < 1.29 is 9.84 Å². The lowest BCUT2D eigenvalue weighted by atomic mass is 10.1. The first-order valence-electron chi connectivity index (χ1n) is 5.82. The van der Waals surface area contributed by atoms with E-state index < -0.39 is 0 Å². The van der Waals surface area contributed by atoms with Crippen LogP contribution in [0.1, 0.15) is 39.0 Å². The summed E-state index contributed by atoms with van der Waals surface area (Å²) in [7, 11) is 0. The summed E-state index contributed by atoms with van der Waals surface area (Å²) >= 11 is 0. The van der Waals surface area contributed by atoms with Gasteiger partial charge < -0.3 is 15.2 Å². The molecule has 2 N–H and O–H groups in total. The zero-order valence-electron chi connectivity index (χ0n) is 8.91. The van der Waals surface area contributed by atoms with Crippen LogP contribution < -0.4 is 5.32 Å². The van der Waals surface area contributed by atoms with Crippen molar-refractivity contribution in [3.63, 3.8) is 0 Å². The van der Waals surface area contributed by atoms with Gasteiger partial charge in [-0.25, -0.2) is 0 Å². The highest BCUT2D eigenvalue weighted by atomic mass is 16.5. The summed E-state index contributed by atoms with van der Waals surface area (Å²) in [6.45, 7) is 3.04. The lowest BCUT2D eigenvalue weighted by Crippen LogP contribution is -2.40. The summed E-state index contributed by atoms with van der Waals surface area (Å²) in [6, 6.07) is 0.314. The fourth-order valence-electron chi connectivity index (χ4n) is 2.50. The standard InChI is InChI=1S/C11H21NO2/c1-8-5-6-9(14-8)7-12-10-3-2-4-11(10)13/h8-13H,2-7H2,1H3. The van der Waals surface area contributed by atoms with E-state index in [9.17, 15) is 5.11 Å². The zero-order valence-corrected chi connectivity index (χ0v) is 8.91. The van der Waals surface area contributed by atoms with Crippen LogP contribution in [0.25, 0.3) is 0 Å². The summed E-state index contributed by atoms with van der Waals surface area (Å²) < 4.78 is 5.71. The SMILES string of the molecule is CC1CCC(CNC2CCCC2O)O1. The van der Waals surface area contributed by atoms with Gasteiger partial charge in [0.2, 0.25) is 0 Å². The minimum atomic E-state index is -0.131. The Hall–Kier alpha value is -0.120. The van der Waals surface area contributed by atoms with Crippen molar-refractivity contribution >= 4 is 0 Å². The maximum atomic E-state index is 9.61. The highest BCUT2D eigenvalue weighted by Crippen LogP contribution is 2.21. The van der Waals surface area contributed by atoms with Gasteiger partial charge in [0.15, 0.2) is 0 Å². The second-order valence-corrected chi connectivity index (χ2v) is 4.66. The molecule has 4 atom stereocenters. The molecule has 1 saturated carbocycles. The number of aliphatic hydroxyl groups is 1. The molecule has 0 bridgehead atoms. The van der Waals surface area contributed by atoms with E-state index in [4.69, 9.17) is 4.74 Å². The molecule has 3 nitrogen and oxygen atoms in total. The smallest absolute Gasteiger partial charge is 0.0704 e. The summed E-state index contributed by atoms with van der Waals surface area (Å²) in [5.41, 5.74) is 0. The van der Waals surface area contributed by atoms with Crippen LogP contribution >= 0.6 is 0 Å². The van der Waals surface area contributed by atoms with Crippen molar-refractivity contribution in [2.24, 2.45) is 0 Å². The molecular formula is C11H21NO2. The summed E-state index contributed by atoms with van der Waals surface area (Å²) in [5, 5.41) is 13.0. The number of aliphatic hydroxyl groups excluding tert-OH is 1. The van der Waals surface area contributed by atoms with E-state index in [2.05, 4.69) is 12.2 Å². The second-order valence-electron chi connectivity index (χ2n) is 4.66. The van der Waals surface area contributed by atoms with E-state index in [1.807, 2.05) is 0 Å². The summed E-state index contributed by atoms with van der Waals surface area (Å²) in [5.74, 6) is 0. The zero-order chi connectivity index (χ0) is 9.97. The molecule has 1 aliphatic carbocycles. The van der Waals surface area contributed by atoms with Crippen molar-refractivity contribution in [3.05, 3.63) is 0 Å². The molecule has 4 unspecified atom stereocenters. The fraction of sp³-hybridized carbons (Fsp3) is 1.00. The first-order chi connectivity index (χ1) is 6.75. The van der Waals surface area contributed by atoms with E-state index in [0.717, 1.165) is 32.2 Å². The number of hydrogen-bond donors (Lipinski definition) is 2. The van der Waals surface area contributed by atoms with Gasteiger partial charge in [-0.3, -0.25) is 0 Å². The molecule has 0 aromatic rings. The van der Waals surface area contributed by atoms with Crippen LogP contribution in [0, 0.1) is 0 Å². The third-order valence-corrected chi connectivity index (χ3v) is 3.41. The molecular weight excluding hydrogens is 178 g/mol. The van der Waals surface area contributed by atoms with Gasteiger partial charge in [0, 0.05) is 12.6 Å². The van der Waals surface area contributed by atoms with Crippen LogP contribution in [-0.4, -0.2) is 36.0 Å². The van der Waals surface area contributed by atoms with Gasteiger partial charge >= 0.3 is 0 Å². The predicted molar refractivity (Wildman–Crippen MR) is 55.2 cm³/mol. The Morgan fingerprint density at radius 2 is 2.14 bits per heavy atom. The summed E-state index contributed by atoms with van der Waals surface area (Å²) in [4.78, 5) is 0. The van der Waals surface area contributed by atoms with Crippen molar-refractivity contribution in [1.82, 2.24) is 5.32 Å². The second kappa shape index (κ2) is 4.60. The molecule has 3 heteroatoms. The van der Waals surface area contributed by atoms with Crippen LogP contribution in [0.4, 0.5) is 0 Å². The van der Waals surface area contributed by atoms with Crippen LogP contribution in [0.5, 0.6) is 0 Å². The highest BCUT2D eigenvalue weighted by Gasteiger charge is 2.27. The van der Waals surface area contributed by atoms with E-state index in [1.54, 1.807) is 0 Å². The Morgan fingerprint density at radius 1 is 1.29 bits per heavy atom. The predicted octanol–water partition coefficient (Wildman–Crippen LogP) is 1.06. The van der Waals surface area contributed by atoms with Gasteiger partial charge in [0.25, 0.3) is 0 Å². The van der Waals surface area contributed by atoms with Gasteiger partial charge in [-0.2, -0.15) is 0 Å². The monoisotopic (exact) mass is 199 g/mol. The molecule has 1 aliphatic heterocycles. The highest BCUT2D eigenvalue weighted by molar-refractivity contribution is 4.84. The lowest BCUT2D eigenvalue weighted by molar-refractivity contribution is 0.0501. The molecule has 0 spiro atoms. The van der Waals surface area contributed by atoms with Gasteiger partial charge in [-0.15, -0.1) is 0 Å². The molecule has 2 fully saturated rings. The third-order valence-electron chi connectivity index (χ3n) is 3.41. The first kappa shape index (κ1) is 10.4. The first-order valence-corrected chi connectivity index (χ1v) is 5.82. The number of hydrogen-bond acceptors (Lipinski definition) is 3. The van der Waals surface area contributed by atoms with Crippen LogP contribution in [0.2, 0.25) is 0 Å². The number of ether oxygens (including phenoxy) is 1. The van der Waals surface area contributed by atoms with Crippen molar-refractivity contribution in [1.29, 1.82) is 0 Å². The van der Waals surface area contributed by atoms with Crippen LogP contribution in [0.15, 0.2) is 0 Å². The van der Waals surface area contributed by atoms with Crippen LogP contribution in [-0.2, 0) is 4.74 Å². The van der Waals surface area contributed by atoms with Crippen LogP contribution in [0.3, 0.4) is 0 Å². The van der Waals surface area contributed by atoms with Gasteiger partial charge in [0.05, 0.1) is 18.3 Å². The third kappa shape index (κ3) is 2.47. The van der Waals surface area contributed by atoms with Crippen molar-refractivity contribution in [3.8, 4) is 0 Å². The Bertz CT molecular complexity index is 186. The molecule has 0 aromatic carbocycles. The Kier molecular flexibility index (Phi) is 3.42. The van der Waals surface area contributed by atoms with E-state index in [1.165, 1.54) is 6.42 Å². The minimum Gasteiger partial charge on any atom is -0.392 e. The average molecular weight is 199 g/mol. The van der Waals surface area contributed by atoms with Crippen molar-refractivity contribution in [2.45, 2.75) is 63.4 Å². The molecule has 2 aliphatic rings. The topological polar surface area (TPSA) is 41.5 Å². The Morgan fingerprint density at radius 3 is 2.71 bits per heavy atom. The molecule has 1 saturated heterocycles. The van der Waals surface area contributed by atoms with Gasteiger partial charge in [-0.05, 0) is 39.0 Å².